The summed E-state index contributed by atoms with van der Waals surface area (Å²) in [6.45, 7) is 3.85. The number of aliphatic hydroxyl groups is 1. The van der Waals surface area contributed by atoms with Gasteiger partial charge in [0.2, 0.25) is 5.91 Å². The molecule has 0 unspecified atom stereocenters. The van der Waals surface area contributed by atoms with E-state index in [1.165, 1.54) is 11.3 Å². The van der Waals surface area contributed by atoms with Crippen LogP contribution < -0.4 is 5.32 Å². The minimum Gasteiger partial charge on any atom is -0.390 e. The van der Waals surface area contributed by atoms with Crippen molar-refractivity contribution in [3.63, 3.8) is 0 Å². The first-order valence-corrected chi connectivity index (χ1v) is 6.88. The second-order valence-corrected chi connectivity index (χ2v) is 5.33. The molecule has 2 N–H and O–H groups in total. The Bertz CT molecular complexity index is 573. The maximum atomic E-state index is 12.0. The molecule has 0 saturated carbocycles. The van der Waals surface area contributed by atoms with Crippen LogP contribution in [0.1, 0.15) is 21.8 Å². The Labute approximate surface area is 116 Å². The van der Waals surface area contributed by atoms with Crippen LogP contribution >= 0.6 is 11.3 Å². The summed E-state index contributed by atoms with van der Waals surface area (Å²) in [5.41, 5.74) is 3.57. The van der Waals surface area contributed by atoms with Crippen LogP contribution in [-0.2, 0) is 17.8 Å². The van der Waals surface area contributed by atoms with Gasteiger partial charge in [0.1, 0.15) is 5.01 Å². The molecule has 4 nitrogen and oxygen atoms in total. The average Bonchev–Trinajstić information content (AvgIpc) is 2.81. The van der Waals surface area contributed by atoms with Crippen molar-refractivity contribution in [2.45, 2.75) is 26.9 Å². The molecule has 2 rings (SSSR count). The Balaban J connectivity index is 2.05. The van der Waals surface area contributed by atoms with Crippen molar-refractivity contribution < 1.29 is 9.90 Å². The number of hydrogen-bond donors (Lipinski definition) is 2. The van der Waals surface area contributed by atoms with Gasteiger partial charge in [-0.15, -0.1) is 11.3 Å². The van der Waals surface area contributed by atoms with Gasteiger partial charge in [0.25, 0.3) is 0 Å². The fourth-order valence-electron chi connectivity index (χ4n) is 1.84. The minimum atomic E-state index is -0.0883. The van der Waals surface area contributed by atoms with Crippen LogP contribution in [0, 0.1) is 13.8 Å². The highest BCUT2D eigenvalue weighted by Gasteiger charge is 2.10. The Morgan fingerprint density at radius 1 is 1.37 bits per heavy atom. The summed E-state index contributed by atoms with van der Waals surface area (Å²) in [6.07, 6.45) is 0.235. The molecule has 0 atom stereocenters. The van der Waals surface area contributed by atoms with Gasteiger partial charge >= 0.3 is 0 Å². The van der Waals surface area contributed by atoms with Gasteiger partial charge in [0.15, 0.2) is 0 Å². The third-order valence-electron chi connectivity index (χ3n) is 2.82. The molecule has 0 aliphatic carbocycles. The molecule has 0 aliphatic rings. The molecule has 1 aromatic heterocycles. The highest BCUT2D eigenvalue weighted by atomic mass is 32.1. The van der Waals surface area contributed by atoms with Gasteiger partial charge in [-0.2, -0.15) is 0 Å². The molecule has 19 heavy (non-hydrogen) atoms. The zero-order valence-corrected chi connectivity index (χ0v) is 11.8. The summed E-state index contributed by atoms with van der Waals surface area (Å²) >= 11 is 1.39. The van der Waals surface area contributed by atoms with Crippen LogP contribution in [0.5, 0.6) is 0 Å². The minimum absolute atomic E-state index is 0.0868. The number of anilines is 1. The molecule has 2 aromatic rings. The highest BCUT2D eigenvalue weighted by Crippen LogP contribution is 2.20. The zero-order chi connectivity index (χ0) is 13.8. The molecule has 0 radical (unpaired) electrons. The van der Waals surface area contributed by atoms with Crippen LogP contribution in [0.25, 0.3) is 0 Å². The van der Waals surface area contributed by atoms with Crippen molar-refractivity contribution in [2.75, 3.05) is 5.32 Å². The lowest BCUT2D eigenvalue weighted by atomic mass is 10.1. The number of rotatable bonds is 4. The molecular formula is C14H16N2O2S. The van der Waals surface area contributed by atoms with E-state index in [1.807, 2.05) is 32.0 Å². The lowest BCUT2D eigenvalue weighted by Gasteiger charge is -2.10. The van der Waals surface area contributed by atoms with Gasteiger partial charge < -0.3 is 10.4 Å². The number of para-hydroxylation sites is 1. The monoisotopic (exact) mass is 276 g/mol. The van der Waals surface area contributed by atoms with Crippen molar-refractivity contribution in [1.29, 1.82) is 0 Å². The summed E-state index contributed by atoms with van der Waals surface area (Å²) in [7, 11) is 0. The number of aryl methyl sites for hydroxylation is 2. The fraction of sp³-hybridized carbons (Fsp3) is 0.286. The van der Waals surface area contributed by atoms with E-state index >= 15 is 0 Å². The number of nitrogens with one attached hydrogen (secondary N) is 1. The lowest BCUT2D eigenvalue weighted by molar-refractivity contribution is -0.115. The van der Waals surface area contributed by atoms with E-state index in [9.17, 15) is 4.79 Å². The topological polar surface area (TPSA) is 62.2 Å². The first-order valence-electron chi connectivity index (χ1n) is 6.00. The van der Waals surface area contributed by atoms with Gasteiger partial charge in [0, 0.05) is 11.1 Å². The molecule has 1 amide bonds. The third kappa shape index (κ3) is 3.39. The van der Waals surface area contributed by atoms with Crippen LogP contribution in [0.2, 0.25) is 0 Å². The normalized spacial score (nSPS) is 10.5. The van der Waals surface area contributed by atoms with E-state index in [2.05, 4.69) is 10.3 Å². The van der Waals surface area contributed by atoms with Crippen LogP contribution in [0.4, 0.5) is 5.69 Å². The number of nitrogens with zero attached hydrogens (tertiary/aromatic N) is 1. The average molecular weight is 276 g/mol. The smallest absolute Gasteiger partial charge is 0.231 e. The van der Waals surface area contributed by atoms with Gasteiger partial charge in [-0.1, -0.05) is 18.2 Å². The number of thiazole rings is 1. The summed E-state index contributed by atoms with van der Waals surface area (Å²) < 4.78 is 0. The van der Waals surface area contributed by atoms with Crippen LogP contribution in [0.3, 0.4) is 0 Å². The largest absolute Gasteiger partial charge is 0.390 e. The number of aromatic nitrogens is 1. The molecule has 0 spiro atoms. The van der Waals surface area contributed by atoms with E-state index in [4.69, 9.17) is 5.11 Å². The maximum Gasteiger partial charge on any atom is 0.231 e. The molecule has 100 valence electrons. The first-order chi connectivity index (χ1) is 9.10. The quantitative estimate of drug-likeness (QED) is 0.901. The summed E-state index contributed by atoms with van der Waals surface area (Å²) in [4.78, 5) is 16.1. The number of carbonyl (C=O) groups is 1. The van der Waals surface area contributed by atoms with E-state index in [-0.39, 0.29) is 18.9 Å². The molecule has 5 heteroatoms. The Kier molecular flexibility index (Phi) is 4.29. The maximum absolute atomic E-state index is 12.0. The highest BCUT2D eigenvalue weighted by molar-refractivity contribution is 7.09. The summed E-state index contributed by atoms with van der Waals surface area (Å²) in [6, 6.07) is 5.90. The van der Waals surface area contributed by atoms with Crippen LogP contribution in [-0.4, -0.2) is 16.0 Å². The predicted molar refractivity (Wildman–Crippen MR) is 76.3 cm³/mol. The SMILES string of the molecule is Cc1cccc(C)c1NC(=O)Cc1nc(CO)cs1. The van der Waals surface area contributed by atoms with Crippen molar-refractivity contribution >= 4 is 22.9 Å². The second kappa shape index (κ2) is 5.95. The lowest BCUT2D eigenvalue weighted by Crippen LogP contribution is -2.16. The molecular weight excluding hydrogens is 260 g/mol. The van der Waals surface area contributed by atoms with Crippen molar-refractivity contribution in [2.24, 2.45) is 0 Å². The van der Waals surface area contributed by atoms with Gasteiger partial charge in [-0.05, 0) is 25.0 Å². The van der Waals surface area contributed by atoms with Gasteiger partial charge in [-0.3, -0.25) is 4.79 Å². The fourth-order valence-corrected chi connectivity index (χ4v) is 2.62. The standard InChI is InChI=1S/C14H16N2O2S/c1-9-4-3-5-10(2)14(9)16-12(18)6-13-15-11(7-17)8-19-13/h3-5,8,17H,6-7H2,1-2H3,(H,16,18). The zero-order valence-electron chi connectivity index (χ0n) is 10.9. The molecule has 1 aromatic carbocycles. The molecule has 0 bridgehead atoms. The number of carbonyl (C=O) groups excluding carboxylic acids is 1. The van der Waals surface area contributed by atoms with E-state index in [0.717, 1.165) is 16.8 Å². The summed E-state index contributed by atoms with van der Waals surface area (Å²) in [5, 5.41) is 14.3. The van der Waals surface area contributed by atoms with E-state index in [1.54, 1.807) is 5.38 Å². The number of hydrogen-bond acceptors (Lipinski definition) is 4. The number of aliphatic hydroxyl groups excluding tert-OH is 1. The van der Waals surface area contributed by atoms with E-state index < -0.39 is 0 Å². The Morgan fingerprint density at radius 2 is 2.05 bits per heavy atom. The van der Waals surface area contributed by atoms with Gasteiger partial charge in [-0.25, -0.2) is 4.98 Å². The van der Waals surface area contributed by atoms with Crippen molar-refractivity contribution in [3.05, 3.63) is 45.4 Å². The Hall–Kier alpha value is -1.72. The molecule has 0 fully saturated rings. The molecule has 0 saturated heterocycles. The van der Waals surface area contributed by atoms with Crippen molar-refractivity contribution in [3.8, 4) is 0 Å². The molecule has 0 aliphatic heterocycles. The molecule has 1 heterocycles. The summed E-state index contributed by atoms with van der Waals surface area (Å²) in [5.74, 6) is -0.0868. The Morgan fingerprint density at radius 3 is 2.63 bits per heavy atom. The van der Waals surface area contributed by atoms with E-state index in [0.29, 0.717) is 10.7 Å². The van der Waals surface area contributed by atoms with Crippen LogP contribution in [0.15, 0.2) is 23.6 Å². The predicted octanol–water partition coefficient (Wildman–Crippen LogP) is 2.43. The second-order valence-electron chi connectivity index (χ2n) is 4.38. The number of amides is 1. The first kappa shape index (κ1) is 13.7. The van der Waals surface area contributed by atoms with Crippen molar-refractivity contribution in [1.82, 2.24) is 4.98 Å². The number of benzene rings is 1. The van der Waals surface area contributed by atoms with Gasteiger partial charge in [0.05, 0.1) is 18.7 Å². The third-order valence-corrected chi connectivity index (χ3v) is 3.72.